The van der Waals surface area contributed by atoms with E-state index < -0.39 is 30.1 Å². The van der Waals surface area contributed by atoms with Crippen molar-refractivity contribution in [2.45, 2.75) is 45.4 Å². The van der Waals surface area contributed by atoms with E-state index in [1.165, 1.54) is 7.11 Å². The molecule has 3 aromatic rings. The van der Waals surface area contributed by atoms with Gasteiger partial charge in [0.2, 0.25) is 5.91 Å². The molecule has 0 radical (unpaired) electrons. The van der Waals surface area contributed by atoms with Crippen molar-refractivity contribution >= 4 is 28.9 Å². The number of carbonyl (C=O) groups is 3. The normalized spacial score (nSPS) is 13.5. The Morgan fingerprint density at radius 1 is 1.00 bits per heavy atom. The van der Waals surface area contributed by atoms with Crippen LogP contribution in [-0.4, -0.2) is 42.1 Å². The van der Waals surface area contributed by atoms with Gasteiger partial charge in [0.15, 0.2) is 0 Å². The van der Waals surface area contributed by atoms with Gasteiger partial charge in [-0.3, -0.25) is 4.79 Å². The Morgan fingerprint density at radius 2 is 1.71 bits per heavy atom. The van der Waals surface area contributed by atoms with Gasteiger partial charge < -0.3 is 25.1 Å². The SMILES string of the molecule is CC[C@H](C)[C@H](NC(=O)OCc1ccccc1)C(=O)N[C@H](Cc1c[nH]c2ccccc12)C(=O)OC. The molecule has 0 saturated carbocycles. The highest BCUT2D eigenvalue weighted by Crippen LogP contribution is 2.20. The van der Waals surface area contributed by atoms with Crippen LogP contribution in [0.4, 0.5) is 4.79 Å². The average molecular weight is 466 g/mol. The zero-order valence-corrected chi connectivity index (χ0v) is 19.7. The van der Waals surface area contributed by atoms with Crippen molar-refractivity contribution in [1.29, 1.82) is 0 Å². The van der Waals surface area contributed by atoms with Crippen molar-refractivity contribution in [2.24, 2.45) is 5.92 Å². The molecule has 0 aliphatic heterocycles. The van der Waals surface area contributed by atoms with E-state index in [9.17, 15) is 14.4 Å². The first-order chi connectivity index (χ1) is 16.4. The van der Waals surface area contributed by atoms with Crippen molar-refractivity contribution in [1.82, 2.24) is 15.6 Å². The van der Waals surface area contributed by atoms with Crippen LogP contribution in [-0.2, 0) is 32.1 Å². The molecule has 2 aromatic carbocycles. The fourth-order valence-electron chi connectivity index (χ4n) is 3.71. The molecule has 0 unspecified atom stereocenters. The van der Waals surface area contributed by atoms with Gasteiger partial charge in [-0.15, -0.1) is 0 Å². The summed E-state index contributed by atoms with van der Waals surface area (Å²) in [5.74, 6) is -1.22. The number of esters is 1. The first kappa shape index (κ1) is 24.8. The van der Waals surface area contributed by atoms with Crippen molar-refractivity contribution < 1.29 is 23.9 Å². The van der Waals surface area contributed by atoms with Crippen LogP contribution in [0, 0.1) is 5.92 Å². The summed E-state index contributed by atoms with van der Waals surface area (Å²) < 4.78 is 10.2. The van der Waals surface area contributed by atoms with E-state index in [0.717, 1.165) is 22.0 Å². The third-order valence-electron chi connectivity index (χ3n) is 5.88. The summed E-state index contributed by atoms with van der Waals surface area (Å²) in [6, 6.07) is 15.2. The summed E-state index contributed by atoms with van der Waals surface area (Å²) in [6.07, 6.45) is 2.00. The lowest BCUT2D eigenvalue weighted by Gasteiger charge is -2.25. The van der Waals surface area contributed by atoms with E-state index in [0.29, 0.717) is 6.42 Å². The molecule has 1 heterocycles. The quantitative estimate of drug-likeness (QED) is 0.396. The van der Waals surface area contributed by atoms with Gasteiger partial charge in [-0.05, 0) is 23.1 Å². The molecule has 0 saturated heterocycles. The van der Waals surface area contributed by atoms with E-state index in [1.807, 2.05) is 74.6 Å². The zero-order valence-electron chi connectivity index (χ0n) is 19.7. The Bertz CT molecular complexity index is 1110. The Labute approximate surface area is 199 Å². The molecule has 0 aliphatic carbocycles. The molecule has 0 fully saturated rings. The van der Waals surface area contributed by atoms with Crippen LogP contribution in [0.15, 0.2) is 60.8 Å². The van der Waals surface area contributed by atoms with Crippen LogP contribution < -0.4 is 10.6 Å². The topological polar surface area (TPSA) is 110 Å². The standard InChI is InChI=1S/C26H31N3O5/c1-4-17(2)23(29-26(32)34-16-18-10-6-5-7-11-18)24(30)28-22(25(31)33-3)14-19-15-27-21-13-9-8-12-20(19)21/h5-13,15,17,22-23,27H,4,14,16H2,1-3H3,(H,28,30)(H,29,32)/t17-,22+,23-/m0/s1. The predicted molar refractivity (Wildman–Crippen MR) is 129 cm³/mol. The number of hydrogen-bond donors (Lipinski definition) is 3. The van der Waals surface area contributed by atoms with Gasteiger partial charge in [0.05, 0.1) is 7.11 Å². The zero-order chi connectivity index (χ0) is 24.5. The number of carbonyl (C=O) groups excluding carboxylic acids is 3. The first-order valence-corrected chi connectivity index (χ1v) is 11.3. The maximum atomic E-state index is 13.2. The van der Waals surface area contributed by atoms with Crippen LogP contribution in [0.5, 0.6) is 0 Å². The molecule has 3 N–H and O–H groups in total. The number of para-hydroxylation sites is 1. The minimum atomic E-state index is -0.912. The second-order valence-electron chi connectivity index (χ2n) is 8.22. The molecule has 0 spiro atoms. The van der Waals surface area contributed by atoms with E-state index in [-0.39, 0.29) is 18.9 Å². The second-order valence-corrected chi connectivity index (χ2v) is 8.22. The van der Waals surface area contributed by atoms with E-state index >= 15 is 0 Å². The third kappa shape index (κ3) is 6.37. The Morgan fingerprint density at radius 3 is 2.41 bits per heavy atom. The average Bonchev–Trinajstić information content (AvgIpc) is 3.28. The molecule has 3 rings (SSSR count). The largest absolute Gasteiger partial charge is 0.467 e. The maximum Gasteiger partial charge on any atom is 0.408 e. The number of rotatable bonds is 10. The second kappa shape index (κ2) is 11.9. The Balaban J connectivity index is 1.69. The lowest BCUT2D eigenvalue weighted by atomic mass is 9.97. The predicted octanol–water partition coefficient (Wildman–Crippen LogP) is 3.71. The smallest absolute Gasteiger partial charge is 0.408 e. The van der Waals surface area contributed by atoms with Crippen molar-refractivity contribution in [3.63, 3.8) is 0 Å². The molecule has 180 valence electrons. The van der Waals surface area contributed by atoms with Gasteiger partial charge in [-0.1, -0.05) is 68.8 Å². The number of ether oxygens (including phenoxy) is 2. The number of methoxy groups -OCH3 is 1. The number of amides is 2. The molecule has 3 atom stereocenters. The minimum Gasteiger partial charge on any atom is -0.467 e. The first-order valence-electron chi connectivity index (χ1n) is 11.3. The lowest BCUT2D eigenvalue weighted by Crippen LogP contribution is -2.54. The molecule has 0 aliphatic rings. The number of aromatic amines is 1. The number of hydrogen-bond acceptors (Lipinski definition) is 5. The number of benzene rings is 2. The Hall–Kier alpha value is -3.81. The van der Waals surface area contributed by atoms with E-state index in [2.05, 4.69) is 15.6 Å². The van der Waals surface area contributed by atoms with Crippen LogP contribution in [0.2, 0.25) is 0 Å². The molecule has 34 heavy (non-hydrogen) atoms. The van der Waals surface area contributed by atoms with Crippen molar-refractivity contribution in [3.8, 4) is 0 Å². The van der Waals surface area contributed by atoms with E-state index in [1.54, 1.807) is 0 Å². The molecular weight excluding hydrogens is 434 g/mol. The van der Waals surface area contributed by atoms with Crippen LogP contribution in [0.1, 0.15) is 31.4 Å². The molecule has 1 aromatic heterocycles. The number of nitrogens with one attached hydrogen (secondary N) is 3. The third-order valence-corrected chi connectivity index (χ3v) is 5.88. The fraction of sp³-hybridized carbons (Fsp3) is 0.346. The van der Waals surface area contributed by atoms with Gasteiger partial charge in [0.25, 0.3) is 0 Å². The summed E-state index contributed by atoms with van der Waals surface area (Å²) in [7, 11) is 1.28. The van der Waals surface area contributed by atoms with Gasteiger partial charge in [0.1, 0.15) is 18.7 Å². The number of aromatic nitrogens is 1. The maximum absolute atomic E-state index is 13.2. The van der Waals surface area contributed by atoms with Crippen molar-refractivity contribution in [3.05, 3.63) is 71.9 Å². The summed E-state index contributed by atoms with van der Waals surface area (Å²) in [5.41, 5.74) is 2.65. The van der Waals surface area contributed by atoms with Gasteiger partial charge >= 0.3 is 12.1 Å². The van der Waals surface area contributed by atoms with E-state index in [4.69, 9.17) is 9.47 Å². The highest BCUT2D eigenvalue weighted by atomic mass is 16.5. The van der Waals surface area contributed by atoms with Crippen LogP contribution in [0.3, 0.4) is 0 Å². The summed E-state index contributed by atoms with van der Waals surface area (Å²) in [6.45, 7) is 3.87. The number of fused-ring (bicyclic) bond motifs is 1. The van der Waals surface area contributed by atoms with Crippen molar-refractivity contribution in [2.75, 3.05) is 7.11 Å². The minimum absolute atomic E-state index is 0.0901. The molecule has 2 amide bonds. The monoisotopic (exact) mass is 465 g/mol. The van der Waals surface area contributed by atoms with Crippen LogP contribution >= 0.6 is 0 Å². The number of H-pyrrole nitrogens is 1. The Kier molecular flexibility index (Phi) is 8.67. The summed E-state index contributed by atoms with van der Waals surface area (Å²) in [4.78, 5) is 41.3. The fourth-order valence-corrected chi connectivity index (χ4v) is 3.71. The molecule has 0 bridgehead atoms. The molecule has 8 heteroatoms. The summed E-state index contributed by atoms with van der Waals surface area (Å²) in [5, 5.41) is 6.39. The highest BCUT2D eigenvalue weighted by molar-refractivity contribution is 5.91. The van der Waals surface area contributed by atoms with Gasteiger partial charge in [-0.2, -0.15) is 0 Å². The molecular formula is C26H31N3O5. The van der Waals surface area contributed by atoms with Gasteiger partial charge in [0, 0.05) is 23.5 Å². The van der Waals surface area contributed by atoms with Crippen LogP contribution in [0.25, 0.3) is 10.9 Å². The molecule has 8 nitrogen and oxygen atoms in total. The highest BCUT2D eigenvalue weighted by Gasteiger charge is 2.31. The lowest BCUT2D eigenvalue weighted by molar-refractivity contribution is -0.145. The number of alkyl carbamates (subject to hydrolysis) is 1. The van der Waals surface area contributed by atoms with Gasteiger partial charge in [-0.25, -0.2) is 9.59 Å². The summed E-state index contributed by atoms with van der Waals surface area (Å²) >= 11 is 0.